The lowest BCUT2D eigenvalue weighted by Gasteiger charge is -2.25. The zero-order valence-electron chi connectivity index (χ0n) is 12.6. The zero-order chi connectivity index (χ0) is 14.0. The molecule has 0 bridgehead atoms. The summed E-state index contributed by atoms with van der Waals surface area (Å²) in [6.45, 7) is 7.54. The van der Waals surface area contributed by atoms with Crippen LogP contribution in [0.5, 0.6) is 5.75 Å². The Hall–Kier alpha value is -1.06. The lowest BCUT2D eigenvalue weighted by molar-refractivity contribution is 0.225. The normalized spacial score (nSPS) is 22.3. The number of epoxide rings is 1. The molecule has 0 saturated carbocycles. The second-order valence-corrected chi connectivity index (χ2v) is 6.01. The summed E-state index contributed by atoms with van der Waals surface area (Å²) < 4.78 is 11.1. The first-order valence-electron chi connectivity index (χ1n) is 6.94. The standard InChI is InChI=1S/C16H25NO2/c1-12(17(4)11-15-16(2,3)19-15)10-13-8-6-7-9-14(13)18-5/h6-9,12,15H,10-11H2,1-5H3. The quantitative estimate of drug-likeness (QED) is 0.738. The second-order valence-electron chi connectivity index (χ2n) is 6.01. The summed E-state index contributed by atoms with van der Waals surface area (Å²) in [6, 6.07) is 8.71. The van der Waals surface area contributed by atoms with Gasteiger partial charge in [0.2, 0.25) is 0 Å². The molecule has 0 spiro atoms. The average molecular weight is 263 g/mol. The third kappa shape index (κ3) is 3.48. The molecule has 2 atom stereocenters. The van der Waals surface area contributed by atoms with Crippen molar-refractivity contribution in [2.45, 2.75) is 44.9 Å². The minimum Gasteiger partial charge on any atom is -0.496 e. The number of nitrogens with zero attached hydrogens (tertiary/aromatic N) is 1. The Labute approximate surface area is 116 Å². The Morgan fingerprint density at radius 3 is 2.58 bits per heavy atom. The molecule has 0 radical (unpaired) electrons. The highest BCUT2D eigenvalue weighted by molar-refractivity contribution is 5.33. The van der Waals surface area contributed by atoms with Crippen LogP contribution in [-0.2, 0) is 11.2 Å². The SMILES string of the molecule is COc1ccccc1CC(C)N(C)CC1OC1(C)C. The fourth-order valence-corrected chi connectivity index (χ4v) is 2.38. The van der Waals surface area contributed by atoms with Gasteiger partial charge in [-0.2, -0.15) is 0 Å². The summed E-state index contributed by atoms with van der Waals surface area (Å²) in [6.07, 6.45) is 1.37. The van der Waals surface area contributed by atoms with Gasteiger partial charge >= 0.3 is 0 Å². The molecule has 0 aliphatic carbocycles. The maximum atomic E-state index is 5.65. The topological polar surface area (TPSA) is 25.0 Å². The van der Waals surface area contributed by atoms with Gasteiger partial charge in [0.05, 0.1) is 18.8 Å². The van der Waals surface area contributed by atoms with Gasteiger partial charge in [-0.25, -0.2) is 0 Å². The minimum atomic E-state index is 0.0679. The molecule has 1 aliphatic rings. The van der Waals surface area contributed by atoms with Crippen LogP contribution >= 0.6 is 0 Å². The lowest BCUT2D eigenvalue weighted by atomic mass is 10.0. The number of benzene rings is 1. The summed E-state index contributed by atoms with van der Waals surface area (Å²) in [4.78, 5) is 2.37. The number of hydrogen-bond donors (Lipinski definition) is 0. The molecular formula is C16H25NO2. The van der Waals surface area contributed by atoms with Gasteiger partial charge < -0.3 is 14.4 Å². The maximum Gasteiger partial charge on any atom is 0.122 e. The minimum absolute atomic E-state index is 0.0679. The largest absolute Gasteiger partial charge is 0.496 e. The van der Waals surface area contributed by atoms with Crippen LogP contribution in [0.4, 0.5) is 0 Å². The number of ether oxygens (including phenoxy) is 2. The Morgan fingerprint density at radius 1 is 1.37 bits per heavy atom. The van der Waals surface area contributed by atoms with Gasteiger partial charge in [-0.1, -0.05) is 18.2 Å². The molecule has 2 rings (SSSR count). The molecule has 1 aromatic carbocycles. The molecule has 1 saturated heterocycles. The van der Waals surface area contributed by atoms with Crippen LogP contribution < -0.4 is 4.74 Å². The molecule has 0 N–H and O–H groups in total. The average Bonchev–Trinajstić information content (AvgIpc) is 2.97. The Balaban J connectivity index is 1.91. The molecule has 1 fully saturated rings. The van der Waals surface area contributed by atoms with Crippen LogP contribution in [0.15, 0.2) is 24.3 Å². The van der Waals surface area contributed by atoms with Gasteiger partial charge in [0.15, 0.2) is 0 Å². The number of likely N-dealkylation sites (N-methyl/N-ethyl adjacent to an activating group) is 1. The number of rotatable bonds is 6. The van der Waals surface area contributed by atoms with E-state index >= 15 is 0 Å². The highest BCUT2D eigenvalue weighted by Crippen LogP contribution is 2.35. The van der Waals surface area contributed by atoms with Crippen molar-refractivity contribution >= 4 is 0 Å². The van der Waals surface area contributed by atoms with Gasteiger partial charge in [0.1, 0.15) is 5.75 Å². The molecule has 0 amide bonds. The molecule has 3 nitrogen and oxygen atoms in total. The highest BCUT2D eigenvalue weighted by atomic mass is 16.6. The van der Waals surface area contributed by atoms with E-state index in [0.717, 1.165) is 18.7 Å². The molecule has 19 heavy (non-hydrogen) atoms. The Morgan fingerprint density at radius 2 is 2.00 bits per heavy atom. The molecule has 0 aromatic heterocycles. The Bertz CT molecular complexity index is 431. The first-order valence-corrected chi connectivity index (χ1v) is 6.94. The highest BCUT2D eigenvalue weighted by Gasteiger charge is 2.48. The van der Waals surface area contributed by atoms with Crippen LogP contribution in [0.25, 0.3) is 0 Å². The number of hydrogen-bond acceptors (Lipinski definition) is 3. The van der Waals surface area contributed by atoms with Crippen molar-refractivity contribution in [3.05, 3.63) is 29.8 Å². The zero-order valence-corrected chi connectivity index (χ0v) is 12.6. The van der Waals surface area contributed by atoms with Crippen molar-refractivity contribution in [1.29, 1.82) is 0 Å². The summed E-state index contributed by atoms with van der Waals surface area (Å²) >= 11 is 0. The van der Waals surface area contributed by atoms with Crippen molar-refractivity contribution in [2.24, 2.45) is 0 Å². The van der Waals surface area contributed by atoms with Crippen LogP contribution in [0, 0.1) is 0 Å². The van der Waals surface area contributed by atoms with Crippen LogP contribution in [0.2, 0.25) is 0 Å². The number of para-hydroxylation sites is 1. The molecular weight excluding hydrogens is 238 g/mol. The first-order chi connectivity index (χ1) is 8.94. The molecule has 1 heterocycles. The smallest absolute Gasteiger partial charge is 0.122 e. The summed E-state index contributed by atoms with van der Waals surface area (Å²) in [5.74, 6) is 0.978. The van der Waals surface area contributed by atoms with E-state index in [1.165, 1.54) is 5.56 Å². The molecule has 2 unspecified atom stereocenters. The number of methoxy groups -OCH3 is 1. The molecule has 1 aromatic rings. The van der Waals surface area contributed by atoms with E-state index in [0.29, 0.717) is 12.1 Å². The van der Waals surface area contributed by atoms with E-state index in [1.807, 2.05) is 12.1 Å². The van der Waals surface area contributed by atoms with Crippen LogP contribution in [0.3, 0.4) is 0 Å². The predicted molar refractivity (Wildman–Crippen MR) is 77.7 cm³/mol. The monoisotopic (exact) mass is 263 g/mol. The molecule has 1 aliphatic heterocycles. The fraction of sp³-hybridized carbons (Fsp3) is 0.625. The van der Waals surface area contributed by atoms with E-state index in [9.17, 15) is 0 Å². The van der Waals surface area contributed by atoms with Crippen molar-refractivity contribution < 1.29 is 9.47 Å². The van der Waals surface area contributed by atoms with Gasteiger partial charge in [0.25, 0.3) is 0 Å². The van der Waals surface area contributed by atoms with Crippen LogP contribution in [-0.4, -0.2) is 43.3 Å². The van der Waals surface area contributed by atoms with Gasteiger partial charge in [-0.15, -0.1) is 0 Å². The van der Waals surface area contributed by atoms with Crippen LogP contribution in [0.1, 0.15) is 26.3 Å². The molecule has 3 heteroatoms. The van der Waals surface area contributed by atoms with Crippen molar-refractivity contribution in [2.75, 3.05) is 20.7 Å². The Kier molecular flexibility index (Phi) is 4.16. The van der Waals surface area contributed by atoms with E-state index in [-0.39, 0.29) is 5.60 Å². The summed E-state index contributed by atoms with van der Waals surface area (Å²) in [7, 11) is 3.89. The summed E-state index contributed by atoms with van der Waals surface area (Å²) in [5.41, 5.74) is 1.33. The fourth-order valence-electron chi connectivity index (χ4n) is 2.38. The van der Waals surface area contributed by atoms with Gasteiger partial charge in [-0.3, -0.25) is 0 Å². The lowest BCUT2D eigenvalue weighted by Crippen LogP contribution is -2.35. The van der Waals surface area contributed by atoms with E-state index < -0.39 is 0 Å². The second kappa shape index (κ2) is 5.51. The summed E-state index contributed by atoms with van der Waals surface area (Å²) in [5, 5.41) is 0. The van der Waals surface area contributed by atoms with Crippen molar-refractivity contribution in [3.8, 4) is 5.75 Å². The van der Waals surface area contributed by atoms with Crippen molar-refractivity contribution in [1.82, 2.24) is 4.90 Å². The molecule has 106 valence electrons. The van der Waals surface area contributed by atoms with E-state index in [2.05, 4.69) is 44.9 Å². The third-order valence-electron chi connectivity index (χ3n) is 4.08. The first kappa shape index (κ1) is 14.4. The maximum absolute atomic E-state index is 5.65. The third-order valence-corrected chi connectivity index (χ3v) is 4.08. The van der Waals surface area contributed by atoms with E-state index in [4.69, 9.17) is 9.47 Å². The predicted octanol–water partition coefficient (Wildman–Crippen LogP) is 2.74. The van der Waals surface area contributed by atoms with Crippen molar-refractivity contribution in [3.63, 3.8) is 0 Å². The van der Waals surface area contributed by atoms with E-state index in [1.54, 1.807) is 7.11 Å². The van der Waals surface area contributed by atoms with Gasteiger partial charge in [-0.05, 0) is 45.9 Å². The van der Waals surface area contributed by atoms with Gasteiger partial charge in [0, 0.05) is 12.6 Å².